The molecule has 2 N–H and O–H groups in total. The van der Waals surface area contributed by atoms with E-state index in [0.717, 1.165) is 39.7 Å². The molecule has 0 bridgehead atoms. The molecule has 0 spiro atoms. The minimum absolute atomic E-state index is 0.0409. The van der Waals surface area contributed by atoms with Crippen LogP contribution >= 0.6 is 35.0 Å². The van der Waals surface area contributed by atoms with Gasteiger partial charge in [-0.15, -0.1) is 0 Å². The van der Waals surface area contributed by atoms with Crippen LogP contribution in [0.2, 0.25) is 10.0 Å². The van der Waals surface area contributed by atoms with Crippen LogP contribution in [0, 0.1) is 0 Å². The van der Waals surface area contributed by atoms with Crippen LogP contribution < -0.4 is 4.74 Å². The first-order valence-corrected chi connectivity index (χ1v) is 14.5. The highest BCUT2D eigenvalue weighted by atomic mass is 35.5. The minimum Gasteiger partial charge on any atom is -0.487 e. The lowest BCUT2D eigenvalue weighted by Crippen LogP contribution is -2.18. The van der Waals surface area contributed by atoms with Crippen molar-refractivity contribution in [3.63, 3.8) is 0 Å². The first-order chi connectivity index (χ1) is 18.6. The van der Waals surface area contributed by atoms with Gasteiger partial charge in [-0.05, 0) is 85.8 Å². The molecule has 0 saturated heterocycles. The van der Waals surface area contributed by atoms with Crippen LogP contribution in [0.25, 0.3) is 10.9 Å². The number of carboxylic acid groups (broad SMARTS) is 1. The van der Waals surface area contributed by atoms with Gasteiger partial charge in [0.05, 0.1) is 23.2 Å². The predicted octanol–water partition coefficient (Wildman–Crippen LogP) is 8.23. The third kappa shape index (κ3) is 8.36. The molecule has 0 aliphatic rings. The van der Waals surface area contributed by atoms with Gasteiger partial charge in [-0.25, -0.2) is 4.98 Å². The molecule has 0 fully saturated rings. The van der Waals surface area contributed by atoms with Gasteiger partial charge < -0.3 is 14.9 Å². The molecule has 0 saturated carbocycles. The zero-order valence-electron chi connectivity index (χ0n) is 21.9. The van der Waals surface area contributed by atoms with Gasteiger partial charge in [-0.3, -0.25) is 4.79 Å². The Morgan fingerprint density at radius 3 is 2.54 bits per heavy atom. The van der Waals surface area contributed by atoms with E-state index in [0.29, 0.717) is 34.6 Å². The van der Waals surface area contributed by atoms with Crippen molar-refractivity contribution in [2.24, 2.45) is 0 Å². The van der Waals surface area contributed by atoms with Crippen LogP contribution in [0.1, 0.15) is 54.3 Å². The number of benzene rings is 3. The topological polar surface area (TPSA) is 79.7 Å². The van der Waals surface area contributed by atoms with Crippen molar-refractivity contribution in [1.29, 1.82) is 0 Å². The van der Waals surface area contributed by atoms with E-state index < -0.39 is 11.6 Å². The average molecular weight is 585 g/mol. The summed E-state index contributed by atoms with van der Waals surface area (Å²) in [5, 5.41) is 22.1. The van der Waals surface area contributed by atoms with Crippen LogP contribution in [0.3, 0.4) is 0 Å². The number of hydrogen-bond acceptors (Lipinski definition) is 5. The molecule has 39 heavy (non-hydrogen) atoms. The Labute approximate surface area is 243 Å². The van der Waals surface area contributed by atoms with Crippen molar-refractivity contribution >= 4 is 51.8 Å². The van der Waals surface area contributed by atoms with Crippen molar-refractivity contribution in [2.45, 2.75) is 50.6 Å². The Hall–Kier alpha value is -2.77. The van der Waals surface area contributed by atoms with E-state index in [-0.39, 0.29) is 11.7 Å². The number of halogens is 2. The van der Waals surface area contributed by atoms with E-state index in [1.807, 2.05) is 72.8 Å². The number of pyridine rings is 1. The first-order valence-electron chi connectivity index (χ1n) is 12.7. The van der Waals surface area contributed by atoms with Crippen LogP contribution in [0.15, 0.2) is 72.8 Å². The highest BCUT2D eigenvalue weighted by Crippen LogP contribution is 2.37. The quantitative estimate of drug-likeness (QED) is 0.175. The number of carboxylic acids is 1. The van der Waals surface area contributed by atoms with Crippen molar-refractivity contribution in [3.05, 3.63) is 105 Å². The predicted molar refractivity (Wildman–Crippen MR) is 160 cm³/mol. The number of aromatic nitrogens is 1. The van der Waals surface area contributed by atoms with E-state index in [4.69, 9.17) is 27.9 Å². The third-order valence-electron chi connectivity index (χ3n) is 6.37. The van der Waals surface area contributed by atoms with Gasteiger partial charge in [-0.2, -0.15) is 11.8 Å². The minimum atomic E-state index is -1.03. The molecule has 8 heteroatoms. The highest BCUT2D eigenvalue weighted by Gasteiger charge is 2.22. The third-order valence-corrected chi connectivity index (χ3v) is 8.19. The van der Waals surface area contributed by atoms with Crippen LogP contribution in [0.4, 0.5) is 0 Å². The largest absolute Gasteiger partial charge is 0.487 e. The summed E-state index contributed by atoms with van der Waals surface area (Å²) >= 11 is 13.9. The Kier molecular flexibility index (Phi) is 9.78. The van der Waals surface area contributed by atoms with Crippen molar-refractivity contribution in [1.82, 2.24) is 4.98 Å². The molecule has 1 unspecified atom stereocenters. The standard InChI is InChI=1S/C31H31Cl2NO4S/c1-31(2,37)27-17-23(32)10-6-20(27)9-13-29(39-15-14-30(35)36)22-4-3-5-26(16-22)38-19-25-12-8-21-7-11-24(33)18-28(21)34-25/h3-8,10-12,16-18,29,37H,9,13-15,19H2,1-2H3,(H,35,36). The maximum absolute atomic E-state index is 11.2. The Morgan fingerprint density at radius 1 is 1.03 bits per heavy atom. The van der Waals surface area contributed by atoms with Gasteiger partial charge in [-0.1, -0.05) is 53.5 Å². The summed E-state index contributed by atoms with van der Waals surface area (Å²) in [6, 6.07) is 23.1. The number of nitrogens with zero attached hydrogens (tertiary/aromatic N) is 1. The lowest BCUT2D eigenvalue weighted by Gasteiger charge is -2.24. The Bertz CT molecular complexity index is 1450. The molecular formula is C31H31Cl2NO4S. The second-order valence-electron chi connectivity index (χ2n) is 9.90. The molecule has 0 aliphatic carbocycles. The summed E-state index contributed by atoms with van der Waals surface area (Å²) in [6.07, 6.45) is 1.55. The van der Waals surface area contributed by atoms with Crippen LogP contribution in [-0.4, -0.2) is 26.9 Å². The second-order valence-corrected chi connectivity index (χ2v) is 12.1. The average Bonchev–Trinajstić information content (AvgIpc) is 2.89. The van der Waals surface area contributed by atoms with E-state index in [2.05, 4.69) is 4.98 Å². The molecule has 3 aromatic carbocycles. The normalized spacial score (nSPS) is 12.4. The van der Waals surface area contributed by atoms with E-state index in [1.165, 1.54) is 0 Å². The lowest BCUT2D eigenvalue weighted by molar-refractivity contribution is -0.136. The van der Waals surface area contributed by atoms with Gasteiger partial charge in [0.1, 0.15) is 12.4 Å². The van der Waals surface area contributed by atoms with Crippen LogP contribution in [-0.2, 0) is 23.4 Å². The van der Waals surface area contributed by atoms with Crippen LogP contribution in [0.5, 0.6) is 5.75 Å². The molecule has 0 amide bonds. The molecule has 204 valence electrons. The molecular weight excluding hydrogens is 553 g/mol. The molecule has 1 atom stereocenters. The fourth-order valence-electron chi connectivity index (χ4n) is 4.43. The number of ether oxygens (including phenoxy) is 1. The summed E-state index contributed by atoms with van der Waals surface area (Å²) < 4.78 is 6.10. The van der Waals surface area contributed by atoms with Gasteiger partial charge >= 0.3 is 5.97 Å². The Morgan fingerprint density at radius 2 is 1.77 bits per heavy atom. The number of fused-ring (bicyclic) bond motifs is 1. The Balaban J connectivity index is 1.50. The van der Waals surface area contributed by atoms with Gasteiger partial charge in [0.2, 0.25) is 0 Å². The number of aliphatic hydroxyl groups is 1. The number of thioether (sulfide) groups is 1. The fourth-order valence-corrected chi connectivity index (χ4v) is 5.97. The lowest BCUT2D eigenvalue weighted by atomic mass is 9.90. The molecule has 1 heterocycles. The fraction of sp³-hybridized carbons (Fsp3) is 0.290. The maximum atomic E-state index is 11.2. The summed E-state index contributed by atoms with van der Waals surface area (Å²) in [5.41, 5.74) is 3.46. The number of hydrogen-bond donors (Lipinski definition) is 2. The summed E-state index contributed by atoms with van der Waals surface area (Å²) in [7, 11) is 0. The number of carbonyl (C=O) groups is 1. The van der Waals surface area contributed by atoms with Crippen molar-refractivity contribution < 1.29 is 19.7 Å². The summed E-state index contributed by atoms with van der Waals surface area (Å²) in [6.45, 7) is 3.81. The van der Waals surface area contributed by atoms with Crippen molar-refractivity contribution in [3.8, 4) is 5.75 Å². The van der Waals surface area contributed by atoms with E-state index in [9.17, 15) is 15.0 Å². The monoisotopic (exact) mass is 583 g/mol. The van der Waals surface area contributed by atoms with Gasteiger partial charge in [0.15, 0.2) is 0 Å². The molecule has 0 aliphatic heterocycles. The summed E-state index contributed by atoms with van der Waals surface area (Å²) in [4.78, 5) is 15.8. The second kappa shape index (κ2) is 13.1. The van der Waals surface area contributed by atoms with Gasteiger partial charge in [0.25, 0.3) is 0 Å². The molecule has 1 aromatic heterocycles. The molecule has 0 radical (unpaired) electrons. The SMILES string of the molecule is CC(C)(O)c1cc(Cl)ccc1CCC(SCCC(=O)O)c1cccc(OCc2ccc3ccc(Cl)cc3n2)c1. The van der Waals surface area contributed by atoms with E-state index >= 15 is 0 Å². The van der Waals surface area contributed by atoms with E-state index in [1.54, 1.807) is 25.6 Å². The maximum Gasteiger partial charge on any atom is 0.304 e. The zero-order valence-corrected chi connectivity index (χ0v) is 24.2. The summed E-state index contributed by atoms with van der Waals surface area (Å²) in [5.74, 6) is 0.394. The number of aliphatic carboxylic acids is 1. The van der Waals surface area contributed by atoms with Crippen molar-refractivity contribution in [2.75, 3.05) is 5.75 Å². The van der Waals surface area contributed by atoms with Gasteiger partial charge in [0, 0.05) is 26.4 Å². The highest BCUT2D eigenvalue weighted by molar-refractivity contribution is 7.99. The number of aryl methyl sites for hydroxylation is 1. The smallest absolute Gasteiger partial charge is 0.304 e. The molecule has 4 rings (SSSR count). The molecule has 5 nitrogen and oxygen atoms in total. The zero-order chi connectivity index (χ0) is 28.0. The number of rotatable bonds is 12. The molecule has 4 aromatic rings. The first kappa shape index (κ1) is 29.2.